The van der Waals surface area contributed by atoms with E-state index < -0.39 is 0 Å². The molecule has 6 heavy (non-hydrogen) atoms. The van der Waals surface area contributed by atoms with Gasteiger partial charge in [-0.25, -0.2) is 0 Å². The van der Waals surface area contributed by atoms with E-state index in [4.69, 9.17) is 0 Å². The van der Waals surface area contributed by atoms with Crippen LogP contribution in [0.1, 0.15) is 6.42 Å². The molecule has 1 aliphatic heterocycles. The largest absolute Gasteiger partial charge is 0.303 e. The first-order chi connectivity index (χ1) is 3.00. The summed E-state index contributed by atoms with van der Waals surface area (Å²) in [6.45, 7) is 1.11. The zero-order chi connectivity index (χ0) is 4.24. The summed E-state index contributed by atoms with van der Waals surface area (Å²) >= 11 is 0. The first kappa shape index (κ1) is 4.15. The average Bonchev–Trinajstić information content (AvgIpc) is 1.72. The highest BCUT2D eigenvalue weighted by atomic mass is 15.3. The molecule has 33 valence electrons. The van der Waals surface area contributed by atoms with Crippen molar-refractivity contribution in [1.82, 2.24) is 10.8 Å². The molecule has 0 unspecified atom stereocenters. The third-order valence-electron chi connectivity index (χ3n) is 0.854. The highest BCUT2D eigenvalue weighted by Crippen LogP contribution is 1.85. The minimum Gasteiger partial charge on any atom is -0.303 e. The maximum absolute atomic E-state index is 2.98. The zero-order valence-electron chi connectivity index (χ0n) is 3.70. The zero-order valence-corrected chi connectivity index (χ0v) is 3.70. The van der Waals surface area contributed by atoms with Crippen LogP contribution in [0, 0.1) is 0 Å². The lowest BCUT2D eigenvalue weighted by molar-refractivity contribution is 0.619. The van der Waals surface area contributed by atoms with Crippen LogP contribution in [0.5, 0.6) is 0 Å². The van der Waals surface area contributed by atoms with Crippen LogP contribution in [0.2, 0.25) is 6.32 Å². The maximum Gasteiger partial charge on any atom is 0.225 e. The van der Waals surface area contributed by atoms with Crippen molar-refractivity contribution in [3.8, 4) is 0 Å². The van der Waals surface area contributed by atoms with Gasteiger partial charge in [0.25, 0.3) is 0 Å². The van der Waals surface area contributed by atoms with Crippen LogP contribution in [0.15, 0.2) is 0 Å². The molecule has 2 N–H and O–H groups in total. The van der Waals surface area contributed by atoms with Crippen molar-refractivity contribution in [2.24, 2.45) is 0 Å². The summed E-state index contributed by atoms with van der Waals surface area (Å²) in [4.78, 5) is 0. The Kier molecular flexibility index (Phi) is 1.53. The fourth-order valence-corrected chi connectivity index (χ4v) is 0.509. The minimum atomic E-state index is 1.11. The molecule has 0 aromatic rings. The molecule has 1 rings (SSSR count). The quantitative estimate of drug-likeness (QED) is 0.386. The molecule has 1 heterocycles. The van der Waals surface area contributed by atoms with Crippen molar-refractivity contribution in [1.29, 1.82) is 0 Å². The summed E-state index contributed by atoms with van der Waals surface area (Å²) < 4.78 is 0. The predicted molar refractivity (Wildman–Crippen MR) is 26.3 cm³/mol. The van der Waals surface area contributed by atoms with Gasteiger partial charge in [-0.2, -0.15) is 0 Å². The highest BCUT2D eigenvalue weighted by Gasteiger charge is 1.95. The van der Waals surface area contributed by atoms with Crippen molar-refractivity contribution in [2.75, 3.05) is 6.54 Å². The van der Waals surface area contributed by atoms with Gasteiger partial charge in [-0.15, -0.1) is 0 Å². The van der Waals surface area contributed by atoms with Crippen LogP contribution in [0.3, 0.4) is 0 Å². The topological polar surface area (TPSA) is 24.1 Å². The molecule has 0 aliphatic carbocycles. The summed E-state index contributed by atoms with van der Waals surface area (Å²) in [6, 6.07) is 0. The minimum absolute atomic E-state index is 1.11. The van der Waals surface area contributed by atoms with Crippen LogP contribution in [-0.4, -0.2) is 14.0 Å². The van der Waals surface area contributed by atoms with Gasteiger partial charge in [-0.05, 0) is 6.42 Å². The summed E-state index contributed by atoms with van der Waals surface area (Å²) in [5.74, 6) is 0. The standard InChI is InChI=1S/C3H8BN2/c1-2-4-6-5-3-1/h5-6H,1-3H2. The average molecular weight is 82.9 g/mol. The van der Waals surface area contributed by atoms with Gasteiger partial charge in [0, 0.05) is 6.54 Å². The maximum atomic E-state index is 2.98. The van der Waals surface area contributed by atoms with Crippen molar-refractivity contribution >= 4 is 7.41 Å². The molecule has 0 amide bonds. The molecule has 3 heteroatoms. The van der Waals surface area contributed by atoms with Crippen molar-refractivity contribution in [2.45, 2.75) is 12.7 Å². The molecular weight excluding hydrogens is 74.9 g/mol. The molecule has 1 fully saturated rings. The van der Waals surface area contributed by atoms with E-state index in [9.17, 15) is 0 Å². The Morgan fingerprint density at radius 1 is 1.50 bits per heavy atom. The second-order valence-corrected chi connectivity index (χ2v) is 1.42. The van der Waals surface area contributed by atoms with Gasteiger partial charge in [0.2, 0.25) is 7.41 Å². The number of nitrogens with one attached hydrogen (secondary N) is 2. The number of hydrogen-bond acceptors (Lipinski definition) is 2. The Labute approximate surface area is 38.5 Å². The van der Waals surface area contributed by atoms with Gasteiger partial charge >= 0.3 is 0 Å². The highest BCUT2D eigenvalue weighted by molar-refractivity contribution is 6.32. The lowest BCUT2D eigenvalue weighted by atomic mass is 9.87. The smallest absolute Gasteiger partial charge is 0.225 e. The number of hydrazine groups is 1. The lowest BCUT2D eigenvalue weighted by Gasteiger charge is -2.09. The van der Waals surface area contributed by atoms with Crippen molar-refractivity contribution in [3.63, 3.8) is 0 Å². The van der Waals surface area contributed by atoms with Gasteiger partial charge in [-0.1, -0.05) is 6.32 Å². The number of hydrogen-bond donors (Lipinski definition) is 2. The molecule has 2 nitrogen and oxygen atoms in total. The molecule has 0 spiro atoms. The second kappa shape index (κ2) is 2.21. The molecule has 1 radical (unpaired) electrons. The van der Waals surface area contributed by atoms with E-state index in [2.05, 4.69) is 10.8 Å². The van der Waals surface area contributed by atoms with E-state index in [1.54, 1.807) is 0 Å². The number of rotatable bonds is 0. The predicted octanol–water partition coefficient (Wildman–Crippen LogP) is -0.478. The van der Waals surface area contributed by atoms with Gasteiger partial charge in [0.1, 0.15) is 0 Å². The Morgan fingerprint density at radius 2 is 2.50 bits per heavy atom. The molecular formula is C3H8BN2. The van der Waals surface area contributed by atoms with Crippen LogP contribution >= 0.6 is 0 Å². The van der Waals surface area contributed by atoms with E-state index in [0.717, 1.165) is 6.54 Å². The van der Waals surface area contributed by atoms with E-state index >= 15 is 0 Å². The Hall–Kier alpha value is -0.0151. The van der Waals surface area contributed by atoms with E-state index in [0.29, 0.717) is 0 Å². The molecule has 0 bridgehead atoms. The normalized spacial score (nSPS) is 22.7. The SMILES string of the molecule is [B]1CCCNN1. The Balaban J connectivity index is 2.00. The lowest BCUT2D eigenvalue weighted by Crippen LogP contribution is -2.39. The Morgan fingerprint density at radius 3 is 2.67 bits per heavy atom. The van der Waals surface area contributed by atoms with Crippen LogP contribution in [-0.2, 0) is 0 Å². The molecule has 1 aliphatic rings. The van der Waals surface area contributed by atoms with Crippen LogP contribution < -0.4 is 10.8 Å². The van der Waals surface area contributed by atoms with E-state index in [1.165, 1.54) is 12.7 Å². The van der Waals surface area contributed by atoms with E-state index in [-0.39, 0.29) is 0 Å². The van der Waals surface area contributed by atoms with Crippen molar-refractivity contribution < 1.29 is 0 Å². The monoisotopic (exact) mass is 83.1 g/mol. The van der Waals surface area contributed by atoms with Gasteiger partial charge in [0.15, 0.2) is 0 Å². The van der Waals surface area contributed by atoms with Gasteiger partial charge in [0.05, 0.1) is 0 Å². The first-order valence-electron chi connectivity index (χ1n) is 2.30. The van der Waals surface area contributed by atoms with Crippen molar-refractivity contribution in [3.05, 3.63) is 0 Å². The molecule has 1 saturated heterocycles. The first-order valence-corrected chi connectivity index (χ1v) is 2.30. The third kappa shape index (κ3) is 0.991. The van der Waals surface area contributed by atoms with Crippen LogP contribution in [0.25, 0.3) is 0 Å². The Bertz CT molecular complexity index is 24.3. The fraction of sp³-hybridized carbons (Fsp3) is 1.00. The summed E-state index contributed by atoms with van der Waals surface area (Å²) in [6.07, 6.45) is 2.47. The second-order valence-electron chi connectivity index (χ2n) is 1.42. The summed E-state index contributed by atoms with van der Waals surface area (Å²) in [5, 5.41) is 2.91. The molecule has 0 saturated carbocycles. The molecule has 0 aromatic heterocycles. The van der Waals surface area contributed by atoms with E-state index in [1.807, 2.05) is 7.41 Å². The third-order valence-corrected chi connectivity index (χ3v) is 0.854. The fourth-order valence-electron chi connectivity index (χ4n) is 0.509. The molecule has 0 atom stereocenters. The van der Waals surface area contributed by atoms with Crippen LogP contribution in [0.4, 0.5) is 0 Å². The molecule has 0 aromatic carbocycles. The summed E-state index contributed by atoms with van der Waals surface area (Å²) in [7, 11) is 2.03. The van der Waals surface area contributed by atoms with Gasteiger partial charge < -0.3 is 5.34 Å². The summed E-state index contributed by atoms with van der Waals surface area (Å²) in [5.41, 5.74) is 2.98. The van der Waals surface area contributed by atoms with Gasteiger partial charge in [-0.3, -0.25) is 5.43 Å².